The van der Waals surface area contributed by atoms with Gasteiger partial charge in [0.2, 0.25) is 0 Å². The van der Waals surface area contributed by atoms with Crippen LogP contribution in [-0.2, 0) is 0 Å². The summed E-state index contributed by atoms with van der Waals surface area (Å²) in [5.41, 5.74) is 6.28. The normalized spacial score (nSPS) is 19.3. The molecule has 6 heteroatoms. The van der Waals surface area contributed by atoms with Gasteiger partial charge in [0.05, 0.1) is 0 Å². The zero-order chi connectivity index (χ0) is 31.3. The van der Waals surface area contributed by atoms with Gasteiger partial charge in [0.1, 0.15) is 11.6 Å². The number of nitrogens with zero attached hydrogens (tertiary/aromatic N) is 4. The van der Waals surface area contributed by atoms with Crippen LogP contribution in [0.5, 0.6) is 0 Å². The van der Waals surface area contributed by atoms with E-state index in [0.717, 1.165) is 33.6 Å². The Balaban J connectivity index is 1.43. The van der Waals surface area contributed by atoms with E-state index < -0.39 is 0 Å². The van der Waals surface area contributed by atoms with Crippen molar-refractivity contribution in [1.29, 1.82) is 0 Å². The molecule has 4 atom stereocenters. The Bertz CT molecular complexity index is 1830. The molecule has 6 aromatic rings. The Morgan fingerprint density at radius 2 is 0.848 bits per heavy atom. The summed E-state index contributed by atoms with van der Waals surface area (Å²) in [6.45, 7) is 0. The third-order valence-electron chi connectivity index (χ3n) is 8.79. The lowest BCUT2D eigenvalue weighted by atomic mass is 9.49. The first-order chi connectivity index (χ1) is 22.7. The van der Waals surface area contributed by atoms with Gasteiger partial charge in [0.25, 0.3) is 0 Å². The summed E-state index contributed by atoms with van der Waals surface area (Å²) in [6, 6.07) is 29.8. The van der Waals surface area contributed by atoms with Crippen molar-refractivity contribution in [2.45, 2.75) is 23.7 Å². The maximum atomic E-state index is 15.8. The Hall–Kier alpha value is -5.62. The van der Waals surface area contributed by atoms with E-state index in [1.165, 1.54) is 12.1 Å². The van der Waals surface area contributed by atoms with E-state index in [2.05, 4.69) is 9.97 Å². The largest absolute Gasteiger partial charge is 0.265 e. The molecule has 0 amide bonds. The van der Waals surface area contributed by atoms with Crippen molar-refractivity contribution in [1.82, 2.24) is 19.9 Å². The first-order valence-electron chi connectivity index (χ1n) is 15.2. The highest BCUT2D eigenvalue weighted by molar-refractivity contribution is 5.74. The number of benzene rings is 2. The minimum absolute atomic E-state index is 0.142. The molecular formula is C40H30F2N4. The molecule has 2 aromatic carbocycles. The summed E-state index contributed by atoms with van der Waals surface area (Å²) < 4.78 is 31.7. The highest BCUT2D eigenvalue weighted by Gasteiger charge is 2.55. The molecular weight excluding hydrogens is 574 g/mol. The lowest BCUT2D eigenvalue weighted by Crippen LogP contribution is -2.41. The van der Waals surface area contributed by atoms with Crippen LogP contribution in [0.25, 0.3) is 24.3 Å². The van der Waals surface area contributed by atoms with Crippen molar-refractivity contribution in [2.75, 3.05) is 0 Å². The molecule has 4 heterocycles. The Labute approximate surface area is 266 Å². The Morgan fingerprint density at radius 1 is 0.413 bits per heavy atom. The van der Waals surface area contributed by atoms with Gasteiger partial charge in [-0.3, -0.25) is 19.9 Å². The topological polar surface area (TPSA) is 51.6 Å². The molecule has 0 bridgehead atoms. The van der Waals surface area contributed by atoms with Crippen molar-refractivity contribution in [3.8, 4) is 0 Å². The second kappa shape index (κ2) is 13.2. The molecule has 0 aliphatic heterocycles. The fraction of sp³-hybridized carbons (Fsp3) is 0.100. The smallest absolute Gasteiger partial charge is 0.130 e. The average molecular weight is 605 g/mol. The monoisotopic (exact) mass is 604 g/mol. The van der Waals surface area contributed by atoms with Gasteiger partial charge >= 0.3 is 0 Å². The van der Waals surface area contributed by atoms with E-state index in [-0.39, 0.29) is 35.3 Å². The van der Waals surface area contributed by atoms with Crippen LogP contribution < -0.4 is 0 Å². The van der Waals surface area contributed by atoms with Gasteiger partial charge < -0.3 is 0 Å². The maximum absolute atomic E-state index is 15.8. The van der Waals surface area contributed by atoms with Crippen LogP contribution in [0.15, 0.2) is 134 Å². The third kappa shape index (κ3) is 5.77. The lowest BCUT2D eigenvalue weighted by molar-refractivity contribution is 0.219. The number of pyridine rings is 4. The van der Waals surface area contributed by atoms with Crippen LogP contribution in [0.4, 0.5) is 8.78 Å². The number of halogens is 2. The zero-order valence-electron chi connectivity index (χ0n) is 24.9. The van der Waals surface area contributed by atoms with Gasteiger partial charge in [-0.2, -0.15) is 0 Å². The van der Waals surface area contributed by atoms with Crippen molar-refractivity contribution in [2.24, 2.45) is 0 Å². The van der Waals surface area contributed by atoms with Crippen molar-refractivity contribution >= 4 is 24.3 Å². The fourth-order valence-electron chi connectivity index (χ4n) is 6.75. The van der Waals surface area contributed by atoms with Crippen molar-refractivity contribution in [3.05, 3.63) is 191 Å². The van der Waals surface area contributed by atoms with E-state index >= 15 is 8.78 Å². The highest BCUT2D eigenvalue weighted by atomic mass is 19.1. The van der Waals surface area contributed by atoms with E-state index in [9.17, 15) is 0 Å². The van der Waals surface area contributed by atoms with E-state index in [4.69, 9.17) is 9.97 Å². The van der Waals surface area contributed by atoms with E-state index in [0.29, 0.717) is 11.1 Å². The van der Waals surface area contributed by atoms with Gasteiger partial charge in [-0.05, 0) is 82.9 Å². The number of rotatable bonds is 8. The summed E-state index contributed by atoms with van der Waals surface area (Å²) in [4.78, 5) is 17.8. The van der Waals surface area contributed by atoms with Gasteiger partial charge in [-0.15, -0.1) is 0 Å². The fourth-order valence-corrected chi connectivity index (χ4v) is 6.75. The predicted octanol–water partition coefficient (Wildman–Crippen LogP) is 9.33. The van der Waals surface area contributed by atoms with Crippen molar-refractivity contribution in [3.63, 3.8) is 0 Å². The van der Waals surface area contributed by atoms with Crippen molar-refractivity contribution < 1.29 is 8.78 Å². The standard InChI is InChI=1S/C40H30F2N4/c41-33-9-5-7-31(29(33)15-13-27-17-23-43-24-18-27)37-38(32-8-6-10-34(42)30(32)16-14-28-19-25-44-26-20-28)40(36-12-2-4-22-46-36)39(37)35-11-1-3-21-45-35/h1-26,37-40H. The molecule has 0 N–H and O–H groups in total. The molecule has 1 fully saturated rings. The molecule has 1 aliphatic rings. The molecule has 1 aliphatic carbocycles. The molecule has 4 aromatic heterocycles. The summed E-state index contributed by atoms with van der Waals surface area (Å²) >= 11 is 0. The van der Waals surface area contributed by atoms with Crippen LogP contribution in [0.3, 0.4) is 0 Å². The molecule has 224 valence electrons. The molecule has 4 nitrogen and oxygen atoms in total. The Morgan fingerprint density at radius 3 is 1.24 bits per heavy atom. The maximum Gasteiger partial charge on any atom is 0.130 e. The molecule has 4 unspecified atom stereocenters. The van der Waals surface area contributed by atoms with Crippen LogP contribution >= 0.6 is 0 Å². The minimum Gasteiger partial charge on any atom is -0.265 e. The molecule has 46 heavy (non-hydrogen) atoms. The second-order valence-electron chi connectivity index (χ2n) is 11.3. The molecule has 1 saturated carbocycles. The van der Waals surface area contributed by atoms with Crippen LogP contribution in [0.1, 0.15) is 68.4 Å². The molecule has 0 radical (unpaired) electrons. The number of hydrogen-bond donors (Lipinski definition) is 0. The van der Waals surface area contributed by atoms with Crippen LogP contribution in [-0.4, -0.2) is 19.9 Å². The van der Waals surface area contributed by atoms with Gasteiger partial charge in [-0.25, -0.2) is 8.78 Å². The van der Waals surface area contributed by atoms with E-state index in [1.807, 2.05) is 97.1 Å². The highest BCUT2D eigenvalue weighted by Crippen LogP contribution is 2.67. The lowest BCUT2D eigenvalue weighted by Gasteiger charge is -2.53. The van der Waals surface area contributed by atoms with Gasteiger partial charge in [0, 0.05) is 83.4 Å². The number of aromatic nitrogens is 4. The first-order valence-corrected chi connectivity index (χ1v) is 15.2. The number of hydrogen-bond acceptors (Lipinski definition) is 4. The summed E-state index contributed by atoms with van der Waals surface area (Å²) in [5, 5.41) is 0. The molecule has 0 spiro atoms. The molecule has 0 saturated heterocycles. The van der Waals surface area contributed by atoms with Gasteiger partial charge in [-0.1, -0.05) is 60.7 Å². The SMILES string of the molecule is Fc1cccc(C2C(c3ccccn3)C(c3ccccn3)C2c2cccc(F)c2C=Cc2ccncc2)c1C=Cc1ccncc1. The molecule has 7 rings (SSSR count). The summed E-state index contributed by atoms with van der Waals surface area (Å²) in [5.74, 6) is -1.39. The minimum atomic E-state index is -0.320. The van der Waals surface area contributed by atoms with Crippen LogP contribution in [0, 0.1) is 11.6 Å². The predicted molar refractivity (Wildman–Crippen MR) is 179 cm³/mol. The summed E-state index contributed by atoms with van der Waals surface area (Å²) in [7, 11) is 0. The zero-order valence-corrected chi connectivity index (χ0v) is 24.9. The first kappa shape index (κ1) is 29.1. The second-order valence-corrected chi connectivity index (χ2v) is 11.3. The van der Waals surface area contributed by atoms with Crippen LogP contribution in [0.2, 0.25) is 0 Å². The van der Waals surface area contributed by atoms with Gasteiger partial charge in [0.15, 0.2) is 0 Å². The summed E-state index contributed by atoms with van der Waals surface area (Å²) in [6.07, 6.45) is 17.9. The third-order valence-corrected chi connectivity index (χ3v) is 8.79. The Kier molecular flexibility index (Phi) is 8.33. The average Bonchev–Trinajstić information content (AvgIpc) is 3.09. The van der Waals surface area contributed by atoms with E-state index in [1.54, 1.807) is 49.3 Å². The quantitative estimate of drug-likeness (QED) is 0.174.